The van der Waals surface area contributed by atoms with E-state index in [-0.39, 0.29) is 12.4 Å². The van der Waals surface area contributed by atoms with Crippen molar-refractivity contribution in [2.45, 2.75) is 36.2 Å². The molecule has 0 amide bonds. The van der Waals surface area contributed by atoms with E-state index in [0.29, 0.717) is 15.8 Å². The van der Waals surface area contributed by atoms with E-state index in [9.17, 15) is 8.42 Å². The molecular formula is C19H25ClN2O2S. The van der Waals surface area contributed by atoms with E-state index < -0.39 is 9.84 Å². The number of sulfone groups is 1. The van der Waals surface area contributed by atoms with Gasteiger partial charge in [0.25, 0.3) is 0 Å². The summed E-state index contributed by atoms with van der Waals surface area (Å²) in [5.41, 5.74) is 2.20. The van der Waals surface area contributed by atoms with Gasteiger partial charge in [-0.1, -0.05) is 29.8 Å². The van der Waals surface area contributed by atoms with Gasteiger partial charge in [-0.15, -0.1) is 12.4 Å². The molecule has 1 saturated heterocycles. The Morgan fingerprint density at radius 3 is 2.16 bits per heavy atom. The Labute approximate surface area is 156 Å². The standard InChI is InChI=1S/C19H24N2O2S.ClH/c1-15-3-7-18(8-4-15)24(22,23)19-9-5-17(6-10-19)14-21-12-11-20-13-16(21)2;/h3-10,16,20H,11-14H2,1-2H3;1H/t16-;/m1./s1. The van der Waals surface area contributed by atoms with Gasteiger partial charge in [-0.3, -0.25) is 4.90 Å². The molecule has 1 fully saturated rings. The molecule has 0 bridgehead atoms. The minimum atomic E-state index is -3.44. The molecule has 6 heteroatoms. The van der Waals surface area contributed by atoms with Crippen LogP contribution in [0, 0.1) is 6.92 Å². The second-order valence-corrected chi connectivity index (χ2v) is 8.43. The second-order valence-electron chi connectivity index (χ2n) is 6.48. The molecule has 3 rings (SSSR count). The Bertz CT molecular complexity index is 789. The lowest BCUT2D eigenvalue weighted by Crippen LogP contribution is -2.49. The number of benzene rings is 2. The summed E-state index contributed by atoms with van der Waals surface area (Å²) in [5, 5.41) is 3.38. The van der Waals surface area contributed by atoms with E-state index in [2.05, 4.69) is 17.1 Å². The number of piperazine rings is 1. The zero-order valence-corrected chi connectivity index (χ0v) is 16.2. The summed E-state index contributed by atoms with van der Waals surface area (Å²) >= 11 is 0. The van der Waals surface area contributed by atoms with Crippen molar-refractivity contribution in [1.29, 1.82) is 0 Å². The summed E-state index contributed by atoms with van der Waals surface area (Å²) in [7, 11) is -3.44. The molecule has 1 heterocycles. The summed E-state index contributed by atoms with van der Waals surface area (Å²) < 4.78 is 25.4. The summed E-state index contributed by atoms with van der Waals surface area (Å²) in [6.45, 7) is 8.03. The Balaban J connectivity index is 0.00000225. The van der Waals surface area contributed by atoms with E-state index in [1.165, 1.54) is 0 Å². The highest BCUT2D eigenvalue weighted by Gasteiger charge is 2.19. The predicted molar refractivity (Wildman–Crippen MR) is 103 cm³/mol. The average Bonchev–Trinajstić information content (AvgIpc) is 2.58. The molecule has 0 unspecified atom stereocenters. The number of aryl methyl sites for hydroxylation is 1. The maximum Gasteiger partial charge on any atom is 0.206 e. The molecule has 136 valence electrons. The fourth-order valence-corrected chi connectivity index (χ4v) is 4.24. The maximum absolute atomic E-state index is 12.7. The van der Waals surface area contributed by atoms with Crippen LogP contribution in [0.25, 0.3) is 0 Å². The van der Waals surface area contributed by atoms with Gasteiger partial charge in [0.1, 0.15) is 0 Å². The predicted octanol–water partition coefficient (Wildman–Crippen LogP) is 3.04. The quantitative estimate of drug-likeness (QED) is 0.885. The van der Waals surface area contributed by atoms with Crippen molar-refractivity contribution < 1.29 is 8.42 Å². The third-order valence-electron chi connectivity index (χ3n) is 4.59. The molecule has 0 radical (unpaired) electrons. The van der Waals surface area contributed by atoms with Gasteiger partial charge in [-0.25, -0.2) is 8.42 Å². The first kappa shape index (κ1) is 19.9. The molecule has 0 aromatic heterocycles. The second kappa shape index (κ2) is 8.32. The number of halogens is 1. The third-order valence-corrected chi connectivity index (χ3v) is 6.38. The number of nitrogens with one attached hydrogen (secondary N) is 1. The normalized spacial score (nSPS) is 18.6. The molecule has 0 spiro atoms. The molecule has 1 atom stereocenters. The zero-order valence-electron chi connectivity index (χ0n) is 14.6. The highest BCUT2D eigenvalue weighted by Crippen LogP contribution is 2.22. The number of rotatable bonds is 4. The Kier molecular flexibility index (Phi) is 6.63. The molecular weight excluding hydrogens is 356 g/mol. The molecule has 1 aliphatic heterocycles. The third kappa shape index (κ3) is 4.61. The van der Waals surface area contributed by atoms with Crippen LogP contribution in [0.1, 0.15) is 18.1 Å². The number of hydrogen-bond donors (Lipinski definition) is 1. The van der Waals surface area contributed by atoms with Gasteiger partial charge in [0.15, 0.2) is 0 Å². The lowest BCUT2D eigenvalue weighted by molar-refractivity contribution is 0.165. The molecule has 0 saturated carbocycles. The fraction of sp³-hybridized carbons (Fsp3) is 0.368. The van der Waals surface area contributed by atoms with E-state index >= 15 is 0 Å². The minimum absolute atomic E-state index is 0. The van der Waals surface area contributed by atoms with Crippen LogP contribution in [-0.2, 0) is 16.4 Å². The summed E-state index contributed by atoms with van der Waals surface area (Å²) in [4.78, 5) is 3.11. The van der Waals surface area contributed by atoms with Gasteiger partial charge in [0, 0.05) is 32.2 Å². The van der Waals surface area contributed by atoms with Crippen molar-refractivity contribution in [3.8, 4) is 0 Å². The van der Waals surface area contributed by atoms with E-state index in [1.807, 2.05) is 31.2 Å². The largest absolute Gasteiger partial charge is 0.314 e. The van der Waals surface area contributed by atoms with E-state index in [0.717, 1.165) is 37.3 Å². The van der Waals surface area contributed by atoms with Crippen LogP contribution in [0.3, 0.4) is 0 Å². The lowest BCUT2D eigenvalue weighted by atomic mass is 10.1. The van der Waals surface area contributed by atoms with Crippen LogP contribution < -0.4 is 5.32 Å². The Morgan fingerprint density at radius 2 is 1.60 bits per heavy atom. The first-order chi connectivity index (χ1) is 11.5. The Hall–Kier alpha value is -1.40. The van der Waals surface area contributed by atoms with Gasteiger partial charge < -0.3 is 5.32 Å². The number of nitrogens with zero attached hydrogens (tertiary/aromatic N) is 1. The topological polar surface area (TPSA) is 49.4 Å². The average molecular weight is 381 g/mol. The molecule has 1 N–H and O–H groups in total. The molecule has 2 aromatic carbocycles. The van der Waals surface area contributed by atoms with E-state index in [4.69, 9.17) is 0 Å². The highest BCUT2D eigenvalue weighted by atomic mass is 35.5. The van der Waals surface area contributed by atoms with Crippen molar-refractivity contribution in [2.75, 3.05) is 19.6 Å². The summed E-state index contributed by atoms with van der Waals surface area (Å²) in [5.74, 6) is 0. The SMILES string of the molecule is Cc1ccc(S(=O)(=O)c2ccc(CN3CCNC[C@H]3C)cc2)cc1.Cl. The molecule has 0 aliphatic carbocycles. The number of hydrogen-bond acceptors (Lipinski definition) is 4. The minimum Gasteiger partial charge on any atom is -0.314 e. The van der Waals surface area contributed by atoms with Crippen LogP contribution in [0.15, 0.2) is 58.3 Å². The van der Waals surface area contributed by atoms with Crippen LogP contribution in [0.5, 0.6) is 0 Å². The van der Waals surface area contributed by atoms with Crippen molar-refractivity contribution >= 4 is 22.2 Å². The van der Waals surface area contributed by atoms with Gasteiger partial charge in [0.05, 0.1) is 9.79 Å². The molecule has 2 aromatic rings. The monoisotopic (exact) mass is 380 g/mol. The molecule has 25 heavy (non-hydrogen) atoms. The fourth-order valence-electron chi connectivity index (χ4n) is 2.98. The first-order valence-corrected chi connectivity index (χ1v) is 9.80. The van der Waals surface area contributed by atoms with Gasteiger partial charge in [-0.2, -0.15) is 0 Å². The van der Waals surface area contributed by atoms with Gasteiger partial charge >= 0.3 is 0 Å². The highest BCUT2D eigenvalue weighted by molar-refractivity contribution is 7.91. The van der Waals surface area contributed by atoms with Crippen LogP contribution in [0.4, 0.5) is 0 Å². The van der Waals surface area contributed by atoms with Gasteiger partial charge in [-0.05, 0) is 43.7 Å². The van der Waals surface area contributed by atoms with Crippen molar-refractivity contribution in [2.24, 2.45) is 0 Å². The van der Waals surface area contributed by atoms with Crippen molar-refractivity contribution in [3.63, 3.8) is 0 Å². The zero-order chi connectivity index (χ0) is 17.2. The summed E-state index contributed by atoms with van der Waals surface area (Å²) in [6.07, 6.45) is 0. The van der Waals surface area contributed by atoms with Crippen molar-refractivity contribution in [3.05, 3.63) is 59.7 Å². The summed E-state index contributed by atoms with van der Waals surface area (Å²) in [6, 6.07) is 14.8. The van der Waals surface area contributed by atoms with E-state index in [1.54, 1.807) is 24.3 Å². The van der Waals surface area contributed by atoms with Crippen LogP contribution in [0.2, 0.25) is 0 Å². The van der Waals surface area contributed by atoms with Crippen LogP contribution >= 0.6 is 12.4 Å². The first-order valence-electron chi connectivity index (χ1n) is 8.32. The lowest BCUT2D eigenvalue weighted by Gasteiger charge is -2.33. The smallest absolute Gasteiger partial charge is 0.206 e. The van der Waals surface area contributed by atoms with Crippen molar-refractivity contribution in [1.82, 2.24) is 10.2 Å². The maximum atomic E-state index is 12.7. The van der Waals surface area contributed by atoms with Gasteiger partial charge in [0.2, 0.25) is 9.84 Å². The Morgan fingerprint density at radius 1 is 1.04 bits per heavy atom. The van der Waals surface area contributed by atoms with Crippen LogP contribution in [-0.4, -0.2) is 39.0 Å². The molecule has 1 aliphatic rings. The molecule has 4 nitrogen and oxygen atoms in total.